The topological polar surface area (TPSA) is 20.2 Å². The largest absolute Gasteiger partial charge is 0.390 e. The maximum absolute atomic E-state index is 9.49. The number of rotatable bonds is 2. The van der Waals surface area contributed by atoms with E-state index < -0.39 is 5.60 Å². The molecule has 0 bridgehead atoms. The molecule has 0 unspecified atom stereocenters. The molecule has 0 aliphatic rings. The average Bonchev–Trinajstić information content (AvgIpc) is 1.83. The first-order valence-corrected chi connectivity index (χ1v) is 4.83. The zero-order valence-corrected chi connectivity index (χ0v) is 8.47. The van der Waals surface area contributed by atoms with Gasteiger partial charge in [-0.3, -0.25) is 0 Å². The molecule has 0 fully saturated rings. The van der Waals surface area contributed by atoms with E-state index in [2.05, 4.69) is 0 Å². The van der Waals surface area contributed by atoms with E-state index >= 15 is 0 Å². The maximum Gasteiger partial charge on any atom is 0.0670 e. The normalized spacial score (nSPS) is 14.9. The van der Waals surface area contributed by atoms with Gasteiger partial charge in [0.15, 0.2) is 0 Å². The van der Waals surface area contributed by atoms with Gasteiger partial charge in [0.25, 0.3) is 0 Å². The molecule has 0 heterocycles. The quantitative estimate of drug-likeness (QED) is 0.654. The zero-order chi connectivity index (χ0) is 8.36. The predicted molar refractivity (Wildman–Crippen MR) is 51.6 cm³/mol. The third-order valence-corrected chi connectivity index (χ3v) is 3.22. The van der Waals surface area contributed by atoms with Crippen LogP contribution in [-0.4, -0.2) is 21.2 Å². The van der Waals surface area contributed by atoms with Gasteiger partial charge in [0.05, 0.1) is 9.80 Å². The fourth-order valence-electron chi connectivity index (χ4n) is 0.465. The Labute approximate surface area is 72.2 Å². The lowest BCUT2D eigenvalue weighted by molar-refractivity contribution is 0.0532. The highest BCUT2D eigenvalue weighted by molar-refractivity contribution is 8.22. The molecule has 0 aromatic rings. The number of aliphatic hydroxyl groups is 1. The van der Waals surface area contributed by atoms with E-state index in [1.54, 1.807) is 13.8 Å². The van der Waals surface area contributed by atoms with Crippen molar-refractivity contribution in [3.8, 4) is 0 Å². The van der Waals surface area contributed by atoms with Crippen LogP contribution >= 0.6 is 24.0 Å². The molecule has 0 aromatic carbocycles. The van der Waals surface area contributed by atoms with Gasteiger partial charge in [-0.25, -0.2) is 0 Å². The van der Waals surface area contributed by atoms with Crippen LogP contribution in [0.1, 0.15) is 20.8 Å². The molecule has 0 amide bonds. The minimum Gasteiger partial charge on any atom is -0.390 e. The second kappa shape index (κ2) is 3.69. The van der Waals surface area contributed by atoms with Crippen LogP contribution in [0.3, 0.4) is 0 Å². The van der Waals surface area contributed by atoms with Gasteiger partial charge in [-0.05, 0) is 20.1 Å². The summed E-state index contributed by atoms with van der Waals surface area (Å²) in [4.78, 5) is 0. The van der Waals surface area contributed by atoms with Crippen molar-refractivity contribution in [2.75, 3.05) is 6.26 Å². The van der Waals surface area contributed by atoms with Crippen LogP contribution in [0.5, 0.6) is 0 Å². The smallest absolute Gasteiger partial charge is 0.0670 e. The fraction of sp³-hybridized carbons (Fsp3) is 0.857. The minimum atomic E-state index is -0.680. The minimum absolute atomic E-state index is 0.0810. The molecule has 0 saturated heterocycles. The third-order valence-electron chi connectivity index (χ3n) is 1.61. The van der Waals surface area contributed by atoms with Crippen molar-refractivity contribution in [3.05, 3.63) is 0 Å². The van der Waals surface area contributed by atoms with Crippen LogP contribution in [-0.2, 0) is 0 Å². The summed E-state index contributed by atoms with van der Waals surface area (Å²) in [5.74, 6) is 0.0810. The van der Waals surface area contributed by atoms with E-state index in [0.29, 0.717) is 0 Å². The summed E-state index contributed by atoms with van der Waals surface area (Å²) in [5.41, 5.74) is -0.680. The van der Waals surface area contributed by atoms with E-state index in [1.807, 2.05) is 13.2 Å². The molecule has 1 nitrogen and oxygen atoms in total. The Kier molecular flexibility index (Phi) is 3.84. The molecular weight excluding hydrogens is 164 g/mol. The lowest BCUT2D eigenvalue weighted by atomic mass is 9.95. The van der Waals surface area contributed by atoms with E-state index in [9.17, 15) is 5.11 Å². The fourth-order valence-corrected chi connectivity index (χ4v) is 1.40. The van der Waals surface area contributed by atoms with Crippen molar-refractivity contribution in [1.82, 2.24) is 0 Å². The Hall–Kier alpha value is 0.400. The van der Waals surface area contributed by atoms with E-state index in [4.69, 9.17) is 12.2 Å². The van der Waals surface area contributed by atoms with E-state index in [-0.39, 0.29) is 5.92 Å². The molecule has 3 heteroatoms. The zero-order valence-electron chi connectivity index (χ0n) is 6.84. The number of hydrogen-bond donors (Lipinski definition) is 1. The van der Waals surface area contributed by atoms with Crippen molar-refractivity contribution in [3.63, 3.8) is 0 Å². The van der Waals surface area contributed by atoms with E-state index in [0.717, 1.165) is 4.20 Å². The summed E-state index contributed by atoms with van der Waals surface area (Å²) in [6.07, 6.45) is 1.94. The molecule has 1 atom stereocenters. The lowest BCUT2D eigenvalue weighted by Gasteiger charge is -2.25. The Morgan fingerprint density at radius 1 is 1.60 bits per heavy atom. The average molecular weight is 178 g/mol. The molecule has 0 spiro atoms. The standard InChI is InChI=1S/C7H14OS2/c1-5(6(9)10-4)7(2,3)8/h5,8H,1-4H3/t5-/m1/s1. The maximum atomic E-state index is 9.49. The molecule has 1 N–H and O–H groups in total. The Bertz CT molecular complexity index is 126. The SMILES string of the molecule is CSC(=S)[C@@H](C)C(C)(C)O. The van der Waals surface area contributed by atoms with E-state index in [1.165, 1.54) is 11.8 Å². The first-order valence-electron chi connectivity index (χ1n) is 3.19. The Morgan fingerprint density at radius 3 is 2.10 bits per heavy atom. The van der Waals surface area contributed by atoms with Crippen LogP contribution in [0.4, 0.5) is 0 Å². The molecule has 0 aliphatic heterocycles. The van der Waals surface area contributed by atoms with Gasteiger partial charge < -0.3 is 5.11 Å². The third kappa shape index (κ3) is 2.99. The number of hydrogen-bond acceptors (Lipinski definition) is 3. The number of thioether (sulfide) groups is 1. The van der Waals surface area contributed by atoms with Crippen LogP contribution in [0.25, 0.3) is 0 Å². The first-order chi connectivity index (χ1) is 4.39. The Balaban J connectivity index is 4.08. The summed E-state index contributed by atoms with van der Waals surface area (Å²) in [6.45, 7) is 5.50. The first kappa shape index (κ1) is 10.4. The summed E-state index contributed by atoms with van der Waals surface area (Å²) in [6, 6.07) is 0. The second-order valence-corrected chi connectivity index (χ2v) is 4.44. The number of thiocarbonyl (C=S) groups is 1. The highest BCUT2D eigenvalue weighted by Gasteiger charge is 2.25. The summed E-state index contributed by atoms with van der Waals surface area (Å²) in [5, 5.41) is 9.49. The van der Waals surface area contributed by atoms with Crippen molar-refractivity contribution >= 4 is 28.2 Å². The Morgan fingerprint density at radius 2 is 2.00 bits per heavy atom. The molecule has 10 heavy (non-hydrogen) atoms. The molecule has 60 valence electrons. The molecule has 0 aromatic heterocycles. The summed E-state index contributed by atoms with van der Waals surface area (Å²) in [7, 11) is 0. The molecule has 0 saturated carbocycles. The van der Waals surface area contributed by atoms with Gasteiger partial charge in [-0.2, -0.15) is 0 Å². The second-order valence-electron chi connectivity index (χ2n) is 2.90. The predicted octanol–water partition coefficient (Wildman–Crippen LogP) is 2.08. The van der Waals surface area contributed by atoms with Gasteiger partial charge in [0, 0.05) is 5.92 Å². The van der Waals surface area contributed by atoms with Crippen molar-refractivity contribution in [1.29, 1.82) is 0 Å². The van der Waals surface area contributed by atoms with Gasteiger partial charge in [0.1, 0.15) is 0 Å². The van der Waals surface area contributed by atoms with Gasteiger partial charge in [-0.1, -0.05) is 19.1 Å². The van der Waals surface area contributed by atoms with Gasteiger partial charge in [0.2, 0.25) is 0 Å². The van der Waals surface area contributed by atoms with Crippen molar-refractivity contribution in [2.45, 2.75) is 26.4 Å². The van der Waals surface area contributed by atoms with Crippen molar-refractivity contribution < 1.29 is 5.11 Å². The van der Waals surface area contributed by atoms with Crippen LogP contribution < -0.4 is 0 Å². The molecular formula is C7H14OS2. The monoisotopic (exact) mass is 178 g/mol. The highest BCUT2D eigenvalue weighted by Crippen LogP contribution is 2.22. The molecule has 0 aliphatic carbocycles. The van der Waals surface area contributed by atoms with Gasteiger partial charge >= 0.3 is 0 Å². The molecule has 0 rings (SSSR count). The highest BCUT2D eigenvalue weighted by atomic mass is 32.2. The summed E-state index contributed by atoms with van der Waals surface area (Å²) < 4.78 is 0.868. The summed E-state index contributed by atoms with van der Waals surface area (Å²) >= 11 is 6.56. The van der Waals surface area contributed by atoms with Gasteiger partial charge in [-0.15, -0.1) is 11.8 Å². The van der Waals surface area contributed by atoms with Crippen molar-refractivity contribution in [2.24, 2.45) is 5.92 Å². The lowest BCUT2D eigenvalue weighted by Crippen LogP contribution is -2.32. The molecule has 0 radical (unpaired) electrons. The van der Waals surface area contributed by atoms with Crippen LogP contribution in [0.2, 0.25) is 0 Å². The van der Waals surface area contributed by atoms with Crippen LogP contribution in [0, 0.1) is 5.92 Å². The van der Waals surface area contributed by atoms with Crippen LogP contribution in [0.15, 0.2) is 0 Å².